The summed E-state index contributed by atoms with van der Waals surface area (Å²) in [6.45, 7) is 13.8. The number of rotatable bonds is 4. The van der Waals surface area contributed by atoms with Crippen LogP contribution >= 0.6 is 0 Å². The van der Waals surface area contributed by atoms with Crippen LogP contribution in [0.1, 0.15) is 41.5 Å². The summed E-state index contributed by atoms with van der Waals surface area (Å²) in [6.07, 6.45) is 0. The summed E-state index contributed by atoms with van der Waals surface area (Å²) >= 11 is 0. The highest BCUT2D eigenvalue weighted by Crippen LogP contribution is 2.19. The van der Waals surface area contributed by atoms with Crippen LogP contribution in [0.25, 0.3) is 0 Å². The van der Waals surface area contributed by atoms with Gasteiger partial charge in [0, 0.05) is 12.1 Å². The predicted molar refractivity (Wildman–Crippen MR) is 56.4 cm³/mol. The highest BCUT2D eigenvalue weighted by Gasteiger charge is 2.20. The van der Waals surface area contributed by atoms with Crippen molar-refractivity contribution in [3.8, 4) is 0 Å². The van der Waals surface area contributed by atoms with Crippen LogP contribution in [0, 0.1) is 11.8 Å². The van der Waals surface area contributed by atoms with Gasteiger partial charge in [0.25, 0.3) is 0 Å². The molecule has 0 radical (unpaired) electrons. The molecule has 0 N–H and O–H groups in total. The van der Waals surface area contributed by atoms with Gasteiger partial charge < -0.3 is 4.90 Å². The molecule has 0 aromatic heterocycles. The maximum Gasteiger partial charge on any atom is 0.00946 e. The minimum absolute atomic E-state index is 0.654. The van der Waals surface area contributed by atoms with E-state index in [0.29, 0.717) is 12.1 Å². The van der Waals surface area contributed by atoms with E-state index < -0.39 is 0 Å². The molecule has 0 fully saturated rings. The van der Waals surface area contributed by atoms with E-state index in [-0.39, 0.29) is 0 Å². The van der Waals surface area contributed by atoms with Gasteiger partial charge in [-0.2, -0.15) is 0 Å². The monoisotopic (exact) mass is 171 g/mol. The molecule has 0 aliphatic rings. The van der Waals surface area contributed by atoms with E-state index in [4.69, 9.17) is 0 Å². The van der Waals surface area contributed by atoms with Gasteiger partial charge in [-0.3, -0.25) is 0 Å². The quantitative estimate of drug-likeness (QED) is 0.628. The van der Waals surface area contributed by atoms with E-state index >= 15 is 0 Å². The van der Waals surface area contributed by atoms with E-state index in [1.165, 1.54) is 0 Å². The van der Waals surface area contributed by atoms with Crippen molar-refractivity contribution in [2.24, 2.45) is 11.8 Å². The highest BCUT2D eigenvalue weighted by atomic mass is 15.1. The summed E-state index contributed by atoms with van der Waals surface area (Å²) in [6, 6.07) is 1.34. The Morgan fingerprint density at radius 1 is 0.833 bits per heavy atom. The van der Waals surface area contributed by atoms with Crippen molar-refractivity contribution in [1.29, 1.82) is 0 Å². The van der Waals surface area contributed by atoms with Gasteiger partial charge in [-0.15, -0.1) is 0 Å². The third kappa shape index (κ3) is 3.14. The van der Waals surface area contributed by atoms with Gasteiger partial charge >= 0.3 is 0 Å². The predicted octanol–water partition coefficient (Wildman–Crippen LogP) is 3.01. The summed E-state index contributed by atoms with van der Waals surface area (Å²) < 4.78 is 0. The lowest BCUT2D eigenvalue weighted by molar-refractivity contribution is 0.136. The van der Waals surface area contributed by atoms with Crippen molar-refractivity contribution in [1.82, 2.24) is 4.90 Å². The highest BCUT2D eigenvalue weighted by molar-refractivity contribution is 4.74. The molecule has 0 unspecified atom stereocenters. The van der Waals surface area contributed by atoms with E-state index in [0.717, 1.165) is 11.8 Å². The summed E-state index contributed by atoms with van der Waals surface area (Å²) in [7, 11) is 2.22. The van der Waals surface area contributed by atoms with Crippen molar-refractivity contribution >= 4 is 0 Å². The number of hydrogen-bond donors (Lipinski definition) is 0. The standard InChI is InChI=1S/C11H25N/c1-8(2)10(5)11(6)12(7)9(3)4/h8-11H,1-7H3/t10-,11-/m1/s1. The van der Waals surface area contributed by atoms with Crippen LogP contribution in [0.4, 0.5) is 0 Å². The first-order chi connectivity index (χ1) is 5.37. The molecule has 0 aromatic carbocycles. The molecule has 0 heterocycles. The second kappa shape index (κ2) is 4.86. The molecule has 74 valence electrons. The summed E-state index contributed by atoms with van der Waals surface area (Å²) in [5.74, 6) is 1.55. The van der Waals surface area contributed by atoms with Crippen LogP contribution in [-0.4, -0.2) is 24.0 Å². The lowest BCUT2D eigenvalue weighted by Crippen LogP contribution is -2.40. The molecule has 1 heteroatoms. The van der Waals surface area contributed by atoms with Crippen molar-refractivity contribution < 1.29 is 0 Å². The molecule has 0 aromatic rings. The molecule has 0 aliphatic heterocycles. The Labute approximate surface area is 78.1 Å². The van der Waals surface area contributed by atoms with E-state index in [1.54, 1.807) is 0 Å². The second-order valence-corrected chi connectivity index (χ2v) is 4.60. The molecule has 0 rings (SSSR count). The Bertz CT molecular complexity index is 104. The van der Waals surface area contributed by atoms with E-state index in [1.807, 2.05) is 0 Å². The Kier molecular flexibility index (Phi) is 4.84. The van der Waals surface area contributed by atoms with Gasteiger partial charge in [-0.1, -0.05) is 20.8 Å². The molecule has 1 nitrogen and oxygen atoms in total. The molecule has 0 amide bonds. The first-order valence-electron chi connectivity index (χ1n) is 5.09. The van der Waals surface area contributed by atoms with Crippen molar-refractivity contribution in [2.75, 3.05) is 7.05 Å². The summed E-state index contributed by atoms with van der Waals surface area (Å²) in [5.41, 5.74) is 0. The van der Waals surface area contributed by atoms with Crippen LogP contribution in [0.2, 0.25) is 0 Å². The molecule has 0 spiro atoms. The van der Waals surface area contributed by atoms with E-state index in [2.05, 4.69) is 53.5 Å². The Morgan fingerprint density at radius 3 is 1.50 bits per heavy atom. The maximum atomic E-state index is 2.45. The van der Waals surface area contributed by atoms with Gasteiger partial charge in [0.1, 0.15) is 0 Å². The van der Waals surface area contributed by atoms with Gasteiger partial charge in [-0.05, 0) is 39.7 Å². The Balaban J connectivity index is 4.08. The van der Waals surface area contributed by atoms with E-state index in [9.17, 15) is 0 Å². The van der Waals surface area contributed by atoms with Crippen LogP contribution in [0.3, 0.4) is 0 Å². The normalized spacial score (nSPS) is 17.5. The van der Waals surface area contributed by atoms with Crippen molar-refractivity contribution in [2.45, 2.75) is 53.6 Å². The molecular formula is C11H25N. The SMILES string of the molecule is CC(C)[C@@H](C)[C@@H](C)N(C)C(C)C. The van der Waals surface area contributed by atoms with Crippen molar-refractivity contribution in [3.05, 3.63) is 0 Å². The first kappa shape index (κ1) is 12.0. The average molecular weight is 171 g/mol. The molecule has 0 bridgehead atoms. The van der Waals surface area contributed by atoms with Crippen LogP contribution in [0.15, 0.2) is 0 Å². The molecule has 0 saturated heterocycles. The molecule has 0 aliphatic carbocycles. The van der Waals surface area contributed by atoms with Gasteiger partial charge in [-0.25, -0.2) is 0 Å². The summed E-state index contributed by atoms with van der Waals surface area (Å²) in [4.78, 5) is 2.45. The topological polar surface area (TPSA) is 3.24 Å². The fourth-order valence-corrected chi connectivity index (χ4v) is 1.40. The molecular weight excluding hydrogens is 146 g/mol. The van der Waals surface area contributed by atoms with Crippen LogP contribution < -0.4 is 0 Å². The fourth-order valence-electron chi connectivity index (χ4n) is 1.40. The molecule has 12 heavy (non-hydrogen) atoms. The lowest BCUT2D eigenvalue weighted by Gasteiger charge is -2.34. The van der Waals surface area contributed by atoms with Gasteiger partial charge in [0.15, 0.2) is 0 Å². The Morgan fingerprint density at radius 2 is 1.25 bits per heavy atom. The molecule has 0 saturated carbocycles. The average Bonchev–Trinajstić information content (AvgIpc) is 2.00. The minimum Gasteiger partial charge on any atom is -0.301 e. The third-order valence-corrected chi connectivity index (χ3v) is 3.27. The van der Waals surface area contributed by atoms with Crippen LogP contribution in [-0.2, 0) is 0 Å². The van der Waals surface area contributed by atoms with Crippen molar-refractivity contribution in [3.63, 3.8) is 0 Å². The smallest absolute Gasteiger partial charge is 0.00946 e. The molecule has 2 atom stereocenters. The zero-order chi connectivity index (χ0) is 9.89. The third-order valence-electron chi connectivity index (χ3n) is 3.27. The maximum absolute atomic E-state index is 2.45. The fraction of sp³-hybridized carbons (Fsp3) is 1.00. The number of nitrogens with zero attached hydrogens (tertiary/aromatic N) is 1. The summed E-state index contributed by atoms with van der Waals surface area (Å²) in [5, 5.41) is 0. The van der Waals surface area contributed by atoms with Crippen LogP contribution in [0.5, 0.6) is 0 Å². The minimum atomic E-state index is 0.654. The number of hydrogen-bond acceptors (Lipinski definition) is 1. The first-order valence-corrected chi connectivity index (χ1v) is 5.09. The van der Waals surface area contributed by atoms with Gasteiger partial charge in [0.05, 0.1) is 0 Å². The zero-order valence-corrected chi connectivity index (χ0v) is 9.76. The lowest BCUT2D eigenvalue weighted by atomic mass is 9.90. The second-order valence-electron chi connectivity index (χ2n) is 4.60. The largest absolute Gasteiger partial charge is 0.301 e. The Hall–Kier alpha value is -0.0400. The zero-order valence-electron chi connectivity index (χ0n) is 9.76. The van der Waals surface area contributed by atoms with Gasteiger partial charge in [0.2, 0.25) is 0 Å².